The van der Waals surface area contributed by atoms with Gasteiger partial charge < -0.3 is 5.11 Å². The average Bonchev–Trinajstić information content (AvgIpc) is 3.35. The first-order valence-corrected chi connectivity index (χ1v) is 11.3. The number of carbonyl (C=O) groups is 3. The number of hydrogen-bond acceptors (Lipinski definition) is 4. The molecule has 6 nitrogen and oxygen atoms in total. The molecule has 4 unspecified atom stereocenters. The Morgan fingerprint density at radius 1 is 0.917 bits per heavy atom. The predicted molar refractivity (Wildman–Crippen MR) is 122 cm³/mol. The maximum absolute atomic E-state index is 13.7. The second kappa shape index (κ2) is 8.60. The fourth-order valence-corrected chi connectivity index (χ4v) is 5.37. The Morgan fingerprint density at radius 2 is 1.56 bits per heavy atom. The number of nitrogens with zero attached hydrogens (tertiary/aromatic N) is 1. The molecule has 5 rings (SSSR count). The van der Waals surface area contributed by atoms with E-state index in [-0.39, 0.29) is 17.7 Å². The van der Waals surface area contributed by atoms with Crippen LogP contribution in [-0.4, -0.2) is 27.8 Å². The highest BCUT2D eigenvalue weighted by atomic mass is 19.4. The molecule has 2 fully saturated rings. The van der Waals surface area contributed by atoms with Crippen LogP contribution >= 0.6 is 0 Å². The second-order valence-electron chi connectivity index (χ2n) is 8.98. The number of fused-ring (bicyclic) bond motifs is 1. The van der Waals surface area contributed by atoms with Gasteiger partial charge in [-0.1, -0.05) is 72.8 Å². The van der Waals surface area contributed by atoms with Crippen molar-refractivity contribution in [2.45, 2.75) is 24.3 Å². The van der Waals surface area contributed by atoms with E-state index in [2.05, 4.69) is 5.32 Å². The Labute approximate surface area is 204 Å². The molecule has 0 bridgehead atoms. The zero-order valence-electron chi connectivity index (χ0n) is 18.8. The summed E-state index contributed by atoms with van der Waals surface area (Å²) >= 11 is 0. The van der Waals surface area contributed by atoms with Crippen LogP contribution < -0.4 is 5.32 Å². The third kappa shape index (κ3) is 3.67. The van der Waals surface area contributed by atoms with Gasteiger partial charge in [-0.05, 0) is 28.8 Å². The number of alkyl halides is 3. The molecule has 184 valence electrons. The molecule has 36 heavy (non-hydrogen) atoms. The molecule has 2 heterocycles. The summed E-state index contributed by atoms with van der Waals surface area (Å²) in [4.78, 5) is 41.3. The van der Waals surface area contributed by atoms with E-state index in [1.165, 1.54) is 24.3 Å². The molecule has 2 N–H and O–H groups in total. The number of carboxylic acids is 1. The second-order valence-corrected chi connectivity index (χ2v) is 8.98. The third-order valence-electron chi connectivity index (χ3n) is 6.97. The Bertz CT molecular complexity index is 1330. The lowest BCUT2D eigenvalue weighted by Crippen LogP contribution is -2.53. The highest BCUT2D eigenvalue weighted by Gasteiger charge is 2.69. The normalized spacial score (nSPS) is 25.8. The van der Waals surface area contributed by atoms with E-state index >= 15 is 0 Å². The summed E-state index contributed by atoms with van der Waals surface area (Å²) in [5, 5.41) is 13.4. The van der Waals surface area contributed by atoms with Crippen LogP contribution in [0.4, 0.5) is 13.2 Å². The smallest absolute Gasteiger partial charge is 0.416 e. The maximum Gasteiger partial charge on any atom is 0.416 e. The number of carbonyl (C=O) groups excluding carboxylic acids is 2. The number of nitrogens with one attached hydrogen (secondary N) is 1. The van der Waals surface area contributed by atoms with E-state index in [1.54, 1.807) is 48.5 Å². The molecule has 2 saturated heterocycles. The molecule has 0 radical (unpaired) electrons. The fraction of sp³-hybridized carbons (Fsp3) is 0.222. The zero-order chi connectivity index (χ0) is 25.7. The topological polar surface area (TPSA) is 86.7 Å². The van der Waals surface area contributed by atoms with Gasteiger partial charge in [0.05, 0.1) is 23.9 Å². The SMILES string of the molecule is O=C1C2C(c3cccc(C(F)(F)F)c3)NC(C(=O)O)(c3ccccc3)C2C(=O)N1Cc1ccccc1. The number of amides is 2. The minimum absolute atomic E-state index is 0.0642. The Kier molecular flexibility index (Phi) is 5.67. The van der Waals surface area contributed by atoms with Crippen LogP contribution in [-0.2, 0) is 32.6 Å². The van der Waals surface area contributed by atoms with Crippen LogP contribution in [0.3, 0.4) is 0 Å². The van der Waals surface area contributed by atoms with E-state index in [0.29, 0.717) is 5.56 Å². The first-order chi connectivity index (χ1) is 17.1. The number of halogens is 3. The molecule has 3 aromatic rings. The lowest BCUT2D eigenvalue weighted by atomic mass is 9.75. The number of imide groups is 1. The van der Waals surface area contributed by atoms with Gasteiger partial charge in [0, 0.05) is 6.04 Å². The van der Waals surface area contributed by atoms with E-state index in [0.717, 1.165) is 17.0 Å². The van der Waals surface area contributed by atoms with Crippen LogP contribution in [0.5, 0.6) is 0 Å². The lowest BCUT2D eigenvalue weighted by Gasteiger charge is -2.31. The summed E-state index contributed by atoms with van der Waals surface area (Å²) < 4.78 is 40.4. The van der Waals surface area contributed by atoms with Crippen molar-refractivity contribution in [3.05, 3.63) is 107 Å². The van der Waals surface area contributed by atoms with Crippen LogP contribution in [0.15, 0.2) is 84.9 Å². The first kappa shape index (κ1) is 23.7. The van der Waals surface area contributed by atoms with Crippen molar-refractivity contribution in [2.75, 3.05) is 0 Å². The number of aliphatic carboxylic acids is 1. The van der Waals surface area contributed by atoms with Crippen molar-refractivity contribution in [3.8, 4) is 0 Å². The minimum atomic E-state index is -4.63. The van der Waals surface area contributed by atoms with E-state index < -0.39 is 52.9 Å². The number of hydrogen-bond donors (Lipinski definition) is 2. The van der Waals surface area contributed by atoms with Crippen molar-refractivity contribution in [3.63, 3.8) is 0 Å². The quantitative estimate of drug-likeness (QED) is 0.521. The van der Waals surface area contributed by atoms with Gasteiger partial charge in [-0.2, -0.15) is 13.2 Å². The molecule has 0 saturated carbocycles. The average molecular weight is 494 g/mol. The van der Waals surface area contributed by atoms with Gasteiger partial charge in [0.1, 0.15) is 0 Å². The highest BCUT2D eigenvalue weighted by Crippen LogP contribution is 2.53. The van der Waals surface area contributed by atoms with E-state index in [1.807, 2.05) is 0 Å². The molecule has 2 aliphatic heterocycles. The Morgan fingerprint density at radius 3 is 2.17 bits per heavy atom. The Hall–Kier alpha value is -3.98. The predicted octanol–water partition coefficient (Wildman–Crippen LogP) is 4.13. The van der Waals surface area contributed by atoms with Gasteiger partial charge >= 0.3 is 12.1 Å². The molecule has 0 aromatic heterocycles. The molecular formula is C27H21F3N2O4. The molecule has 3 aromatic carbocycles. The number of likely N-dealkylation sites (tertiary alicyclic amines) is 1. The van der Waals surface area contributed by atoms with Gasteiger partial charge in [0.15, 0.2) is 5.54 Å². The van der Waals surface area contributed by atoms with Crippen molar-refractivity contribution in [1.29, 1.82) is 0 Å². The van der Waals surface area contributed by atoms with Crippen molar-refractivity contribution < 1.29 is 32.7 Å². The molecule has 4 atom stereocenters. The van der Waals surface area contributed by atoms with Gasteiger partial charge in [0.2, 0.25) is 11.8 Å². The van der Waals surface area contributed by atoms with Gasteiger partial charge in [-0.3, -0.25) is 19.8 Å². The zero-order valence-corrected chi connectivity index (χ0v) is 18.8. The van der Waals surface area contributed by atoms with Crippen LogP contribution in [0.1, 0.15) is 28.3 Å². The largest absolute Gasteiger partial charge is 0.480 e. The van der Waals surface area contributed by atoms with E-state index in [9.17, 15) is 32.7 Å². The van der Waals surface area contributed by atoms with Gasteiger partial charge in [-0.25, -0.2) is 4.79 Å². The standard InChI is InChI=1S/C27H21F3N2O4/c28-27(29,30)19-13-7-10-17(14-19)22-20-21(26(31-22,25(35)36)18-11-5-2-6-12-18)24(34)32(23(20)33)15-16-8-3-1-4-9-16/h1-14,20-22,31H,15H2,(H,35,36). The van der Waals surface area contributed by atoms with Gasteiger partial charge in [-0.15, -0.1) is 0 Å². The maximum atomic E-state index is 13.7. The first-order valence-electron chi connectivity index (χ1n) is 11.3. The summed E-state index contributed by atoms with van der Waals surface area (Å²) in [7, 11) is 0. The summed E-state index contributed by atoms with van der Waals surface area (Å²) in [5.74, 6) is -5.25. The van der Waals surface area contributed by atoms with Crippen LogP contribution in [0, 0.1) is 11.8 Å². The highest BCUT2D eigenvalue weighted by molar-refractivity contribution is 6.09. The van der Waals surface area contributed by atoms with Crippen LogP contribution in [0.25, 0.3) is 0 Å². The van der Waals surface area contributed by atoms with Crippen molar-refractivity contribution in [1.82, 2.24) is 10.2 Å². The fourth-order valence-electron chi connectivity index (χ4n) is 5.37. The number of benzene rings is 3. The molecule has 2 aliphatic rings. The summed E-state index contributed by atoms with van der Waals surface area (Å²) in [6.07, 6.45) is -4.63. The number of carboxylic acid groups (broad SMARTS) is 1. The summed E-state index contributed by atoms with van der Waals surface area (Å²) in [6, 6.07) is 20.0. The molecule has 0 spiro atoms. The molecule has 9 heteroatoms. The van der Waals surface area contributed by atoms with Crippen molar-refractivity contribution >= 4 is 17.8 Å². The minimum Gasteiger partial charge on any atom is -0.480 e. The monoisotopic (exact) mass is 494 g/mol. The summed E-state index contributed by atoms with van der Waals surface area (Å²) in [5.41, 5.74) is -1.94. The summed E-state index contributed by atoms with van der Waals surface area (Å²) in [6.45, 7) is -0.0642. The van der Waals surface area contributed by atoms with E-state index in [4.69, 9.17) is 0 Å². The van der Waals surface area contributed by atoms with Crippen molar-refractivity contribution in [2.24, 2.45) is 11.8 Å². The lowest BCUT2D eigenvalue weighted by molar-refractivity contribution is -0.152. The molecule has 0 aliphatic carbocycles. The van der Waals surface area contributed by atoms with Gasteiger partial charge in [0.25, 0.3) is 0 Å². The Balaban J connectivity index is 1.66. The third-order valence-corrected chi connectivity index (χ3v) is 6.97. The molecular weight excluding hydrogens is 473 g/mol. The number of rotatable bonds is 5. The molecule has 2 amide bonds. The van der Waals surface area contributed by atoms with Crippen LogP contribution in [0.2, 0.25) is 0 Å².